The number of ether oxygens (including phenoxy) is 1. The molecule has 1 atom stereocenters. The Morgan fingerprint density at radius 2 is 1.55 bits per heavy atom. The van der Waals surface area contributed by atoms with Crippen LogP contribution < -0.4 is 14.4 Å². The SMILES string of the molecule is CCOc1ccc(N(CC(=O)N(Cc2cccc(C)c2)C(CC)C(=O)NC(C)(C)C)S(=O)(=O)c2ccc(C)cc2)cc1. The smallest absolute Gasteiger partial charge is 0.264 e. The summed E-state index contributed by atoms with van der Waals surface area (Å²) in [6.45, 7) is 13.3. The Balaban J connectivity index is 2.08. The Labute approximate surface area is 250 Å². The summed E-state index contributed by atoms with van der Waals surface area (Å²) in [4.78, 5) is 29.2. The van der Waals surface area contributed by atoms with Gasteiger partial charge < -0.3 is 15.0 Å². The number of aryl methyl sites for hydroxylation is 2. The molecule has 3 rings (SSSR count). The molecule has 0 saturated carbocycles. The fourth-order valence-electron chi connectivity index (χ4n) is 4.62. The van der Waals surface area contributed by atoms with Crippen molar-refractivity contribution in [2.75, 3.05) is 17.5 Å². The number of nitrogens with zero attached hydrogens (tertiary/aromatic N) is 2. The molecule has 3 aromatic rings. The summed E-state index contributed by atoms with van der Waals surface area (Å²) in [5.74, 6) is -0.191. The Hall–Kier alpha value is -3.85. The first kappa shape index (κ1) is 32.7. The van der Waals surface area contributed by atoms with Crippen LogP contribution in [0.15, 0.2) is 77.7 Å². The lowest BCUT2D eigenvalue weighted by atomic mass is 10.0. The highest BCUT2D eigenvalue weighted by molar-refractivity contribution is 7.92. The van der Waals surface area contributed by atoms with Gasteiger partial charge in [0.05, 0.1) is 17.2 Å². The largest absolute Gasteiger partial charge is 0.494 e. The van der Waals surface area contributed by atoms with E-state index in [1.165, 1.54) is 17.0 Å². The summed E-state index contributed by atoms with van der Waals surface area (Å²) in [7, 11) is -4.14. The second-order valence-corrected chi connectivity index (χ2v) is 13.3. The Morgan fingerprint density at radius 1 is 0.905 bits per heavy atom. The molecule has 3 aromatic carbocycles. The van der Waals surface area contributed by atoms with Crippen LogP contribution in [0.2, 0.25) is 0 Å². The van der Waals surface area contributed by atoms with Crippen molar-refractivity contribution in [2.45, 2.75) is 77.9 Å². The average Bonchev–Trinajstić information content (AvgIpc) is 2.91. The number of rotatable bonds is 12. The number of amides is 2. The standard InChI is InChI=1S/C33H43N3O5S/c1-8-30(32(38)34-33(5,6)7)35(22-26-12-10-11-25(4)21-26)31(37)23-36(27-15-17-28(18-16-27)41-9-2)42(39,40)29-19-13-24(3)14-20-29/h10-21,30H,8-9,22-23H2,1-7H3,(H,34,38). The molecule has 226 valence electrons. The minimum Gasteiger partial charge on any atom is -0.494 e. The van der Waals surface area contributed by atoms with Crippen molar-refractivity contribution >= 4 is 27.5 Å². The van der Waals surface area contributed by atoms with Crippen LogP contribution in [-0.4, -0.2) is 49.9 Å². The van der Waals surface area contributed by atoms with E-state index in [4.69, 9.17) is 4.74 Å². The van der Waals surface area contributed by atoms with Crippen molar-refractivity contribution in [1.82, 2.24) is 10.2 Å². The van der Waals surface area contributed by atoms with Crippen LogP contribution >= 0.6 is 0 Å². The van der Waals surface area contributed by atoms with Gasteiger partial charge in [-0.3, -0.25) is 13.9 Å². The molecule has 9 heteroatoms. The van der Waals surface area contributed by atoms with Gasteiger partial charge in [0.1, 0.15) is 18.3 Å². The van der Waals surface area contributed by atoms with E-state index in [0.29, 0.717) is 24.5 Å². The van der Waals surface area contributed by atoms with Gasteiger partial charge in [-0.2, -0.15) is 0 Å². The van der Waals surface area contributed by atoms with Crippen LogP contribution in [0.4, 0.5) is 5.69 Å². The zero-order chi connectivity index (χ0) is 31.1. The minimum absolute atomic E-state index is 0.0672. The minimum atomic E-state index is -4.14. The summed E-state index contributed by atoms with van der Waals surface area (Å²) in [6.07, 6.45) is 0.354. The summed E-state index contributed by atoms with van der Waals surface area (Å²) in [5.41, 5.74) is 2.59. The van der Waals surface area contributed by atoms with Crippen LogP contribution in [0, 0.1) is 13.8 Å². The fourth-order valence-corrected chi connectivity index (χ4v) is 6.04. The highest BCUT2D eigenvalue weighted by atomic mass is 32.2. The number of hydrogen-bond acceptors (Lipinski definition) is 5. The highest BCUT2D eigenvalue weighted by Gasteiger charge is 2.34. The molecule has 0 saturated heterocycles. The number of hydrogen-bond donors (Lipinski definition) is 1. The number of carbonyl (C=O) groups is 2. The lowest BCUT2D eigenvalue weighted by Gasteiger charge is -2.35. The fraction of sp³-hybridized carbons (Fsp3) is 0.394. The van der Waals surface area contributed by atoms with E-state index in [2.05, 4.69) is 5.32 Å². The molecule has 1 N–H and O–H groups in total. The Bertz CT molecular complexity index is 1460. The zero-order valence-corrected chi connectivity index (χ0v) is 26.5. The third-order valence-corrected chi connectivity index (χ3v) is 8.43. The number of benzene rings is 3. The predicted octanol–water partition coefficient (Wildman–Crippen LogP) is 5.62. The molecule has 1 unspecified atom stereocenters. The van der Waals surface area contributed by atoms with Gasteiger partial charge in [-0.1, -0.05) is 54.4 Å². The van der Waals surface area contributed by atoms with Crippen molar-refractivity contribution < 1.29 is 22.7 Å². The van der Waals surface area contributed by atoms with E-state index in [9.17, 15) is 18.0 Å². The van der Waals surface area contributed by atoms with Gasteiger partial charge in [-0.15, -0.1) is 0 Å². The van der Waals surface area contributed by atoms with E-state index >= 15 is 0 Å². The number of nitrogens with one attached hydrogen (secondary N) is 1. The third kappa shape index (κ3) is 8.58. The number of sulfonamides is 1. The molecule has 0 fully saturated rings. The maximum atomic E-state index is 14.2. The molecule has 0 aromatic heterocycles. The van der Waals surface area contributed by atoms with E-state index in [0.717, 1.165) is 21.0 Å². The van der Waals surface area contributed by atoms with Crippen LogP contribution in [-0.2, 0) is 26.2 Å². The van der Waals surface area contributed by atoms with E-state index < -0.39 is 34.1 Å². The van der Waals surface area contributed by atoms with Crippen LogP contribution in [0.5, 0.6) is 5.75 Å². The number of carbonyl (C=O) groups excluding carboxylic acids is 2. The monoisotopic (exact) mass is 593 g/mol. The van der Waals surface area contributed by atoms with Gasteiger partial charge in [0.15, 0.2) is 0 Å². The second kappa shape index (κ2) is 13.9. The molecular weight excluding hydrogens is 550 g/mol. The van der Waals surface area contributed by atoms with Crippen LogP contribution in [0.3, 0.4) is 0 Å². The lowest BCUT2D eigenvalue weighted by molar-refractivity contribution is -0.141. The van der Waals surface area contributed by atoms with Crippen LogP contribution in [0.1, 0.15) is 57.7 Å². The maximum Gasteiger partial charge on any atom is 0.264 e. The summed E-state index contributed by atoms with van der Waals surface area (Å²) >= 11 is 0. The van der Waals surface area contributed by atoms with E-state index in [1.807, 2.05) is 72.7 Å². The predicted molar refractivity (Wildman–Crippen MR) is 167 cm³/mol. The normalized spacial score (nSPS) is 12.4. The first-order valence-corrected chi connectivity index (χ1v) is 15.7. The molecule has 2 amide bonds. The quantitative estimate of drug-likeness (QED) is 0.294. The van der Waals surface area contributed by atoms with E-state index in [1.54, 1.807) is 36.4 Å². The van der Waals surface area contributed by atoms with Crippen molar-refractivity contribution in [1.29, 1.82) is 0 Å². The second-order valence-electron chi connectivity index (χ2n) is 11.4. The molecule has 0 heterocycles. The van der Waals surface area contributed by atoms with Crippen molar-refractivity contribution in [3.8, 4) is 5.75 Å². The average molecular weight is 594 g/mol. The first-order valence-electron chi connectivity index (χ1n) is 14.2. The molecule has 0 radical (unpaired) electrons. The molecule has 0 spiro atoms. The Kier molecular flexibility index (Phi) is 10.8. The van der Waals surface area contributed by atoms with Gasteiger partial charge in [0.25, 0.3) is 10.0 Å². The highest BCUT2D eigenvalue weighted by Crippen LogP contribution is 2.27. The van der Waals surface area contributed by atoms with Crippen molar-refractivity contribution in [2.24, 2.45) is 0 Å². The summed E-state index contributed by atoms with van der Waals surface area (Å²) < 4.78 is 34.7. The molecule has 0 aliphatic rings. The van der Waals surface area contributed by atoms with Gasteiger partial charge in [0, 0.05) is 12.1 Å². The lowest BCUT2D eigenvalue weighted by Crippen LogP contribution is -2.55. The van der Waals surface area contributed by atoms with Gasteiger partial charge >= 0.3 is 0 Å². The van der Waals surface area contributed by atoms with Crippen molar-refractivity contribution in [3.63, 3.8) is 0 Å². The molecule has 42 heavy (non-hydrogen) atoms. The molecule has 0 aliphatic carbocycles. The Morgan fingerprint density at radius 3 is 2.10 bits per heavy atom. The van der Waals surface area contributed by atoms with Gasteiger partial charge in [0.2, 0.25) is 11.8 Å². The zero-order valence-electron chi connectivity index (χ0n) is 25.7. The molecule has 0 bridgehead atoms. The molecule has 8 nitrogen and oxygen atoms in total. The van der Waals surface area contributed by atoms with Crippen LogP contribution in [0.25, 0.3) is 0 Å². The molecule has 0 aliphatic heterocycles. The summed E-state index contributed by atoms with van der Waals surface area (Å²) in [6, 6.07) is 20.0. The number of anilines is 1. The molecular formula is C33H43N3O5S. The topological polar surface area (TPSA) is 96.0 Å². The third-order valence-electron chi connectivity index (χ3n) is 6.64. The maximum absolute atomic E-state index is 14.2. The van der Waals surface area contributed by atoms with Crippen molar-refractivity contribution in [3.05, 3.63) is 89.5 Å². The first-order chi connectivity index (χ1) is 19.7. The van der Waals surface area contributed by atoms with E-state index in [-0.39, 0.29) is 17.3 Å². The van der Waals surface area contributed by atoms with Gasteiger partial charge in [-0.05, 0) is 89.9 Å². The van der Waals surface area contributed by atoms with Gasteiger partial charge in [-0.25, -0.2) is 8.42 Å². The summed E-state index contributed by atoms with van der Waals surface area (Å²) in [5, 5.41) is 2.99.